The number of aryl methyl sites for hydroxylation is 1. The maximum absolute atomic E-state index is 9.03. The van der Waals surface area contributed by atoms with Crippen LogP contribution < -0.4 is 5.32 Å². The van der Waals surface area contributed by atoms with Gasteiger partial charge in [-0.25, -0.2) is 9.97 Å². The fourth-order valence-corrected chi connectivity index (χ4v) is 3.75. The van der Waals surface area contributed by atoms with Gasteiger partial charge >= 0.3 is 0 Å². The van der Waals surface area contributed by atoms with Crippen molar-refractivity contribution in [3.05, 3.63) is 53.9 Å². The maximum atomic E-state index is 9.03. The van der Waals surface area contributed by atoms with E-state index in [4.69, 9.17) is 5.11 Å². The minimum atomic E-state index is 0.0562. The van der Waals surface area contributed by atoms with Crippen LogP contribution in [0.5, 0.6) is 0 Å². The lowest BCUT2D eigenvalue weighted by molar-refractivity contribution is 0.269. The number of nitrogens with one attached hydrogen (secondary N) is 1. The predicted octanol–water partition coefficient (Wildman–Crippen LogP) is 3.60. The summed E-state index contributed by atoms with van der Waals surface area (Å²) in [5, 5.41) is 19.7. The van der Waals surface area contributed by atoms with Crippen LogP contribution >= 0.6 is 11.3 Å². The molecule has 7 heteroatoms. The lowest BCUT2D eigenvalue weighted by atomic mass is 10.1. The first-order valence-corrected chi connectivity index (χ1v) is 8.84. The first-order valence-electron chi connectivity index (χ1n) is 7.96. The molecule has 0 saturated heterocycles. The molecule has 2 N–H and O–H groups in total. The van der Waals surface area contributed by atoms with Gasteiger partial charge in [-0.15, -0.1) is 11.3 Å². The highest BCUT2D eigenvalue weighted by Gasteiger charge is 2.15. The second kappa shape index (κ2) is 6.62. The van der Waals surface area contributed by atoms with E-state index in [1.807, 2.05) is 31.3 Å². The number of benzene rings is 1. The molecular weight excluding hydrogens is 334 g/mol. The zero-order valence-corrected chi connectivity index (χ0v) is 14.5. The standard InChI is InChI=1S/C18H17N5OS/c1-12-20-17(22-14-9-19-23(10-14)7-8-24)16-15(11-25-18(16)21-12)13-5-3-2-4-6-13/h2-6,9-11,24H,7-8H2,1H3,(H,20,21,22). The van der Waals surface area contributed by atoms with E-state index in [1.165, 1.54) is 0 Å². The first-order chi connectivity index (χ1) is 12.2. The van der Waals surface area contributed by atoms with E-state index >= 15 is 0 Å². The molecule has 126 valence electrons. The minimum Gasteiger partial charge on any atom is -0.394 e. The molecule has 6 nitrogen and oxygen atoms in total. The largest absolute Gasteiger partial charge is 0.394 e. The third kappa shape index (κ3) is 3.11. The van der Waals surface area contributed by atoms with E-state index in [2.05, 4.69) is 37.9 Å². The van der Waals surface area contributed by atoms with Gasteiger partial charge in [0.15, 0.2) is 0 Å². The Bertz CT molecular complexity index is 1010. The number of hydrogen-bond acceptors (Lipinski definition) is 6. The third-order valence-electron chi connectivity index (χ3n) is 3.86. The zero-order valence-electron chi connectivity index (χ0n) is 13.7. The normalized spacial score (nSPS) is 11.1. The lowest BCUT2D eigenvalue weighted by Crippen LogP contribution is -2.01. The summed E-state index contributed by atoms with van der Waals surface area (Å²) >= 11 is 1.62. The van der Waals surface area contributed by atoms with E-state index in [1.54, 1.807) is 22.2 Å². The lowest BCUT2D eigenvalue weighted by Gasteiger charge is -2.08. The van der Waals surface area contributed by atoms with Crippen molar-refractivity contribution >= 4 is 33.1 Å². The number of fused-ring (bicyclic) bond motifs is 1. The number of anilines is 2. The third-order valence-corrected chi connectivity index (χ3v) is 4.73. The summed E-state index contributed by atoms with van der Waals surface area (Å²) in [6.45, 7) is 2.41. The van der Waals surface area contributed by atoms with Crippen molar-refractivity contribution in [1.82, 2.24) is 19.7 Å². The molecule has 4 aromatic rings. The predicted molar refractivity (Wildman–Crippen MR) is 100 cm³/mol. The van der Waals surface area contributed by atoms with Crippen LogP contribution in [-0.2, 0) is 6.54 Å². The number of aliphatic hydroxyl groups excluding tert-OH is 1. The van der Waals surface area contributed by atoms with Gasteiger partial charge in [-0.1, -0.05) is 30.3 Å². The molecule has 0 bridgehead atoms. The number of rotatable bonds is 5. The van der Waals surface area contributed by atoms with Gasteiger partial charge in [-0.2, -0.15) is 5.10 Å². The Morgan fingerprint density at radius 2 is 2.04 bits per heavy atom. The van der Waals surface area contributed by atoms with Crippen LogP contribution in [0.2, 0.25) is 0 Å². The highest BCUT2D eigenvalue weighted by atomic mass is 32.1. The van der Waals surface area contributed by atoms with Gasteiger partial charge in [0.2, 0.25) is 0 Å². The highest BCUT2D eigenvalue weighted by molar-refractivity contribution is 7.17. The zero-order chi connectivity index (χ0) is 17.2. The molecular formula is C18H17N5OS. The quantitative estimate of drug-likeness (QED) is 0.574. The maximum Gasteiger partial charge on any atom is 0.143 e. The van der Waals surface area contributed by atoms with Gasteiger partial charge in [0.25, 0.3) is 0 Å². The number of aliphatic hydroxyl groups is 1. The summed E-state index contributed by atoms with van der Waals surface area (Å²) in [7, 11) is 0. The van der Waals surface area contributed by atoms with Crippen molar-refractivity contribution in [2.24, 2.45) is 0 Å². The highest BCUT2D eigenvalue weighted by Crippen LogP contribution is 2.37. The molecule has 3 heterocycles. The molecule has 0 aliphatic heterocycles. The average Bonchev–Trinajstić information content (AvgIpc) is 3.23. The van der Waals surface area contributed by atoms with E-state index in [-0.39, 0.29) is 6.61 Å². The molecule has 0 unspecified atom stereocenters. The van der Waals surface area contributed by atoms with Crippen molar-refractivity contribution in [3.8, 4) is 11.1 Å². The second-order valence-electron chi connectivity index (χ2n) is 5.66. The number of aromatic nitrogens is 4. The van der Waals surface area contributed by atoms with E-state index in [9.17, 15) is 0 Å². The summed E-state index contributed by atoms with van der Waals surface area (Å²) in [5.74, 6) is 1.49. The summed E-state index contributed by atoms with van der Waals surface area (Å²) in [6, 6.07) is 10.2. The SMILES string of the molecule is Cc1nc(Nc2cnn(CCO)c2)c2c(-c3ccccc3)csc2n1. The number of hydrogen-bond donors (Lipinski definition) is 2. The van der Waals surface area contributed by atoms with Crippen LogP contribution in [0, 0.1) is 6.92 Å². The summed E-state index contributed by atoms with van der Waals surface area (Å²) in [6.07, 6.45) is 3.58. The second-order valence-corrected chi connectivity index (χ2v) is 6.51. The van der Waals surface area contributed by atoms with Gasteiger partial charge in [-0.05, 0) is 12.5 Å². The molecule has 1 aromatic carbocycles. The van der Waals surface area contributed by atoms with E-state index in [0.29, 0.717) is 6.54 Å². The van der Waals surface area contributed by atoms with Crippen molar-refractivity contribution in [2.45, 2.75) is 13.5 Å². The monoisotopic (exact) mass is 351 g/mol. The van der Waals surface area contributed by atoms with Gasteiger partial charge < -0.3 is 10.4 Å². The first kappa shape index (κ1) is 15.7. The van der Waals surface area contributed by atoms with E-state index < -0.39 is 0 Å². The molecule has 0 spiro atoms. The smallest absolute Gasteiger partial charge is 0.143 e. The summed E-state index contributed by atoms with van der Waals surface area (Å²) in [4.78, 5) is 10.1. The number of thiophene rings is 1. The Hall–Kier alpha value is -2.77. The van der Waals surface area contributed by atoms with Crippen LogP contribution in [0.4, 0.5) is 11.5 Å². The Morgan fingerprint density at radius 3 is 2.84 bits per heavy atom. The summed E-state index contributed by atoms with van der Waals surface area (Å²) < 4.78 is 1.69. The van der Waals surface area contributed by atoms with Crippen LogP contribution in [0.1, 0.15) is 5.82 Å². The minimum absolute atomic E-state index is 0.0562. The Morgan fingerprint density at radius 1 is 1.20 bits per heavy atom. The fraction of sp³-hybridized carbons (Fsp3) is 0.167. The van der Waals surface area contributed by atoms with Gasteiger partial charge in [0.05, 0.1) is 30.4 Å². The Labute approximate surface area is 148 Å². The van der Waals surface area contributed by atoms with Crippen molar-refractivity contribution in [1.29, 1.82) is 0 Å². The van der Waals surface area contributed by atoms with Crippen LogP contribution in [-0.4, -0.2) is 31.5 Å². The molecule has 4 rings (SSSR count). The molecule has 25 heavy (non-hydrogen) atoms. The van der Waals surface area contributed by atoms with Crippen LogP contribution in [0.3, 0.4) is 0 Å². The van der Waals surface area contributed by atoms with Crippen molar-refractivity contribution in [3.63, 3.8) is 0 Å². The van der Waals surface area contributed by atoms with Crippen molar-refractivity contribution < 1.29 is 5.11 Å². The fourth-order valence-electron chi connectivity index (χ4n) is 2.76. The Kier molecular flexibility index (Phi) is 4.17. The molecule has 0 amide bonds. The summed E-state index contributed by atoms with van der Waals surface area (Å²) in [5.41, 5.74) is 3.09. The Balaban J connectivity index is 1.80. The van der Waals surface area contributed by atoms with Crippen LogP contribution in [0.15, 0.2) is 48.1 Å². The van der Waals surface area contributed by atoms with Crippen molar-refractivity contribution in [2.75, 3.05) is 11.9 Å². The van der Waals surface area contributed by atoms with E-state index in [0.717, 1.165) is 38.7 Å². The molecule has 0 fully saturated rings. The molecule has 0 aliphatic carbocycles. The molecule has 0 saturated carbocycles. The topological polar surface area (TPSA) is 75.9 Å². The molecule has 3 aromatic heterocycles. The number of nitrogens with zero attached hydrogens (tertiary/aromatic N) is 4. The van der Waals surface area contributed by atoms with Gasteiger partial charge in [0, 0.05) is 17.1 Å². The average molecular weight is 351 g/mol. The molecule has 0 atom stereocenters. The van der Waals surface area contributed by atoms with Gasteiger partial charge in [-0.3, -0.25) is 4.68 Å². The van der Waals surface area contributed by atoms with Gasteiger partial charge in [0.1, 0.15) is 16.5 Å². The van der Waals surface area contributed by atoms with Crippen LogP contribution in [0.25, 0.3) is 21.3 Å². The molecule has 0 aliphatic rings. The molecule has 0 radical (unpaired) electrons.